The highest BCUT2D eigenvalue weighted by Gasteiger charge is 2.51. The van der Waals surface area contributed by atoms with Gasteiger partial charge in [-0.3, -0.25) is 9.59 Å². The molecule has 0 unspecified atom stereocenters. The molecule has 3 heterocycles. The summed E-state index contributed by atoms with van der Waals surface area (Å²) in [5.41, 5.74) is 1.06. The molecule has 0 saturated carbocycles. The van der Waals surface area contributed by atoms with E-state index in [1.807, 2.05) is 38.1 Å². The number of nitrogens with zero attached hydrogens (tertiary/aromatic N) is 1. The number of hydrogen-bond acceptors (Lipinski definition) is 6. The number of methoxy groups -OCH3 is 2. The molecule has 1 aromatic rings. The molecule has 2 saturated heterocycles. The highest BCUT2D eigenvalue weighted by Crippen LogP contribution is 2.42. The van der Waals surface area contributed by atoms with Crippen molar-refractivity contribution in [1.29, 1.82) is 0 Å². The molecule has 0 aliphatic carbocycles. The zero-order valence-corrected chi connectivity index (χ0v) is 22.9. The number of epoxide rings is 1. The van der Waals surface area contributed by atoms with Crippen LogP contribution < -0.4 is 15.0 Å². The topological polar surface area (TPSA) is 101 Å². The van der Waals surface area contributed by atoms with Crippen molar-refractivity contribution in [3.63, 3.8) is 0 Å². The van der Waals surface area contributed by atoms with Crippen molar-refractivity contribution in [3.8, 4) is 5.75 Å². The standard InChI is InChI=1S/C28H37ClN2O6/c1-16-7-6-8-23(36-5)28(34)15-19(14-24(32)30-28)17(2)27-21(37-27)9-10-25(33)31(3)20-12-18(11-16)13-22(35-4)26(20)29/h6-8,12-13,17,19,21,23,27,34H,9-11,14-15H2,1-5H3,(H,30,32)/b8-6+,16-7+/t17-,19+,21+,23-,27+,28+/m1/s1. The van der Waals surface area contributed by atoms with Gasteiger partial charge in [-0.1, -0.05) is 42.3 Å². The molecule has 3 aliphatic rings. The van der Waals surface area contributed by atoms with Gasteiger partial charge in [0.25, 0.3) is 0 Å². The summed E-state index contributed by atoms with van der Waals surface area (Å²) in [6.45, 7) is 4.04. The van der Waals surface area contributed by atoms with Crippen LogP contribution in [0.2, 0.25) is 5.02 Å². The van der Waals surface area contributed by atoms with Gasteiger partial charge in [-0.05, 0) is 49.3 Å². The van der Waals surface area contributed by atoms with Crippen molar-refractivity contribution < 1.29 is 28.9 Å². The summed E-state index contributed by atoms with van der Waals surface area (Å²) >= 11 is 6.59. The number of ether oxygens (including phenoxy) is 3. The highest BCUT2D eigenvalue weighted by molar-refractivity contribution is 6.35. The van der Waals surface area contributed by atoms with Gasteiger partial charge in [-0.15, -0.1) is 0 Å². The summed E-state index contributed by atoms with van der Waals surface area (Å²) in [5.74, 6) is 0.192. The number of rotatable bonds is 2. The van der Waals surface area contributed by atoms with E-state index < -0.39 is 11.8 Å². The zero-order valence-electron chi connectivity index (χ0n) is 22.1. The molecule has 4 rings (SSSR count). The zero-order chi connectivity index (χ0) is 26.9. The van der Waals surface area contributed by atoms with Crippen LogP contribution in [0.4, 0.5) is 5.69 Å². The monoisotopic (exact) mass is 532 g/mol. The largest absolute Gasteiger partial charge is 0.495 e. The summed E-state index contributed by atoms with van der Waals surface area (Å²) in [7, 11) is 4.80. The molecule has 0 spiro atoms. The van der Waals surface area contributed by atoms with E-state index in [-0.39, 0.29) is 35.9 Å². The molecule has 37 heavy (non-hydrogen) atoms. The minimum absolute atomic E-state index is 0.0384. The average molecular weight is 533 g/mol. The number of anilines is 1. The Labute approximate surface area is 223 Å². The number of carbonyl (C=O) groups is 2. The van der Waals surface area contributed by atoms with Crippen LogP contribution >= 0.6 is 11.6 Å². The van der Waals surface area contributed by atoms with Gasteiger partial charge in [0.2, 0.25) is 11.8 Å². The number of carbonyl (C=O) groups excluding carboxylic acids is 2. The van der Waals surface area contributed by atoms with E-state index >= 15 is 0 Å². The van der Waals surface area contributed by atoms with Gasteiger partial charge in [0.05, 0.1) is 25.0 Å². The van der Waals surface area contributed by atoms with Crippen LogP contribution in [0.1, 0.15) is 45.1 Å². The van der Waals surface area contributed by atoms with Gasteiger partial charge in [-0.25, -0.2) is 0 Å². The Hall–Kier alpha value is -2.39. The van der Waals surface area contributed by atoms with Gasteiger partial charge >= 0.3 is 0 Å². The molecule has 1 aromatic carbocycles. The first kappa shape index (κ1) is 27.6. The first-order chi connectivity index (χ1) is 17.6. The lowest BCUT2D eigenvalue weighted by atomic mass is 9.77. The Kier molecular flexibility index (Phi) is 8.33. The number of hydrogen-bond donors (Lipinski definition) is 2. The van der Waals surface area contributed by atoms with E-state index in [4.69, 9.17) is 25.8 Å². The molecule has 6 atom stereocenters. The lowest BCUT2D eigenvalue weighted by molar-refractivity contribution is -0.155. The van der Waals surface area contributed by atoms with Gasteiger partial charge in [0.1, 0.15) is 16.9 Å². The van der Waals surface area contributed by atoms with E-state index in [0.717, 1.165) is 11.1 Å². The second-order valence-corrected chi connectivity index (χ2v) is 10.9. The Morgan fingerprint density at radius 3 is 2.73 bits per heavy atom. The molecule has 4 bridgehead atoms. The van der Waals surface area contributed by atoms with Crippen LogP contribution in [0, 0.1) is 11.8 Å². The predicted molar refractivity (Wildman–Crippen MR) is 142 cm³/mol. The second kappa shape index (κ2) is 11.2. The molecule has 0 radical (unpaired) electrons. The van der Waals surface area contributed by atoms with Crippen LogP contribution in [-0.2, 0) is 25.5 Å². The number of fused-ring (bicyclic) bond motifs is 5. The van der Waals surface area contributed by atoms with Crippen molar-refractivity contribution in [3.05, 3.63) is 46.5 Å². The number of amides is 2. The van der Waals surface area contributed by atoms with Crippen LogP contribution in [0.25, 0.3) is 0 Å². The van der Waals surface area contributed by atoms with Crippen molar-refractivity contribution >= 4 is 29.1 Å². The first-order valence-electron chi connectivity index (χ1n) is 12.7. The van der Waals surface area contributed by atoms with Crippen molar-refractivity contribution in [1.82, 2.24) is 5.32 Å². The van der Waals surface area contributed by atoms with E-state index in [9.17, 15) is 14.7 Å². The molecule has 9 heteroatoms. The first-order valence-corrected chi connectivity index (χ1v) is 13.1. The highest BCUT2D eigenvalue weighted by atomic mass is 35.5. The molecule has 3 aliphatic heterocycles. The SMILES string of the molecule is COc1cc2cc(c1Cl)N(C)C(=O)CC[C@@H]1O[C@H]1[C@H](C)[C@H]1CC(=O)N[C@](O)(C1)[C@H](OC)/C=C/C=C(\C)C2. The lowest BCUT2D eigenvalue weighted by Gasteiger charge is -2.42. The number of benzene rings is 1. The quantitative estimate of drug-likeness (QED) is 0.562. The summed E-state index contributed by atoms with van der Waals surface area (Å²) in [6.07, 6.45) is 6.83. The van der Waals surface area contributed by atoms with Gasteiger partial charge in [-0.2, -0.15) is 0 Å². The molecule has 2 amide bonds. The fourth-order valence-electron chi connectivity index (χ4n) is 5.57. The summed E-state index contributed by atoms with van der Waals surface area (Å²) in [6, 6.07) is 3.78. The van der Waals surface area contributed by atoms with Crippen LogP contribution in [0.15, 0.2) is 35.9 Å². The average Bonchev–Trinajstić information content (AvgIpc) is 3.63. The number of nitrogens with one attached hydrogen (secondary N) is 1. The fourth-order valence-corrected chi connectivity index (χ4v) is 5.88. The maximum Gasteiger partial charge on any atom is 0.226 e. The molecule has 2 N–H and O–H groups in total. The summed E-state index contributed by atoms with van der Waals surface area (Å²) < 4.78 is 17.0. The molecule has 2 fully saturated rings. The van der Waals surface area contributed by atoms with E-state index in [0.29, 0.717) is 48.6 Å². The third kappa shape index (κ3) is 6.03. The van der Waals surface area contributed by atoms with Crippen LogP contribution in [-0.4, -0.2) is 62.2 Å². The van der Waals surface area contributed by atoms with Crippen LogP contribution in [0.5, 0.6) is 5.75 Å². The maximum atomic E-state index is 13.1. The normalized spacial score (nSPS) is 35.2. The number of piperidine rings is 1. The van der Waals surface area contributed by atoms with Gasteiger partial charge in [0.15, 0.2) is 5.72 Å². The Balaban J connectivity index is 1.68. The minimum Gasteiger partial charge on any atom is -0.495 e. The maximum absolute atomic E-state index is 13.1. The van der Waals surface area contributed by atoms with Crippen LogP contribution in [0.3, 0.4) is 0 Å². The van der Waals surface area contributed by atoms with E-state index in [1.54, 1.807) is 25.1 Å². The van der Waals surface area contributed by atoms with Crippen molar-refractivity contribution in [2.75, 3.05) is 26.2 Å². The minimum atomic E-state index is -1.52. The number of allylic oxidation sites excluding steroid dienone is 3. The number of aliphatic hydroxyl groups is 1. The predicted octanol–water partition coefficient (Wildman–Crippen LogP) is 3.78. The number of halogens is 1. The van der Waals surface area contributed by atoms with Gasteiger partial charge < -0.3 is 29.5 Å². The molecule has 202 valence electrons. The third-order valence-electron chi connectivity index (χ3n) is 7.81. The smallest absolute Gasteiger partial charge is 0.226 e. The van der Waals surface area contributed by atoms with Crippen molar-refractivity contribution in [2.24, 2.45) is 11.8 Å². The lowest BCUT2D eigenvalue weighted by Crippen LogP contribution is -2.61. The van der Waals surface area contributed by atoms with Crippen molar-refractivity contribution in [2.45, 2.75) is 70.0 Å². The molecule has 8 nitrogen and oxygen atoms in total. The van der Waals surface area contributed by atoms with E-state index in [1.165, 1.54) is 7.11 Å². The van der Waals surface area contributed by atoms with E-state index in [2.05, 4.69) is 5.32 Å². The Bertz CT molecular complexity index is 1100. The third-order valence-corrected chi connectivity index (χ3v) is 8.19. The summed E-state index contributed by atoms with van der Waals surface area (Å²) in [5, 5.41) is 14.6. The molecular formula is C28H37ClN2O6. The van der Waals surface area contributed by atoms with Gasteiger partial charge in [0, 0.05) is 33.4 Å². The second-order valence-electron chi connectivity index (χ2n) is 10.5. The molecular weight excluding hydrogens is 496 g/mol. The molecule has 0 aromatic heterocycles. The fraction of sp³-hybridized carbons (Fsp3) is 0.571. The summed E-state index contributed by atoms with van der Waals surface area (Å²) in [4.78, 5) is 27.3. The Morgan fingerprint density at radius 1 is 1.27 bits per heavy atom. The Morgan fingerprint density at radius 2 is 2.03 bits per heavy atom.